The van der Waals surface area contributed by atoms with E-state index in [0.717, 1.165) is 18.9 Å². The van der Waals surface area contributed by atoms with Crippen molar-refractivity contribution in [2.24, 2.45) is 5.73 Å². The molecule has 0 aromatic heterocycles. The van der Waals surface area contributed by atoms with Crippen molar-refractivity contribution in [3.8, 4) is 0 Å². The molecule has 0 amide bonds. The molecule has 0 fully saturated rings. The molecule has 2 nitrogen and oxygen atoms in total. The van der Waals surface area contributed by atoms with Crippen LogP contribution in [-0.4, -0.2) is 19.3 Å². The highest BCUT2D eigenvalue weighted by Gasteiger charge is 2.18. The maximum Gasteiger partial charge on any atom is 0.129 e. The molecule has 17 heavy (non-hydrogen) atoms. The van der Waals surface area contributed by atoms with Crippen LogP contribution in [0.5, 0.6) is 0 Å². The summed E-state index contributed by atoms with van der Waals surface area (Å²) in [4.78, 5) is 0. The maximum atomic E-state index is 13.4. The average molecular weight is 243 g/mol. The molecule has 2 N–H and O–H groups in total. The average Bonchev–Trinajstić information content (AvgIpc) is 2.29. The number of hydrogen-bond acceptors (Lipinski definition) is 2. The summed E-state index contributed by atoms with van der Waals surface area (Å²) in [6.07, 6.45) is 2.05. The van der Waals surface area contributed by atoms with Gasteiger partial charge in [-0.2, -0.15) is 0 Å². The van der Waals surface area contributed by atoms with Gasteiger partial charge in [-0.05, 0) is 24.5 Å². The highest BCUT2D eigenvalue weighted by Crippen LogP contribution is 2.14. The second-order valence-electron chi connectivity index (χ2n) is 4.17. The van der Waals surface area contributed by atoms with E-state index in [1.54, 1.807) is 7.11 Å². The highest BCUT2D eigenvalue weighted by atomic mass is 19.1. The zero-order chi connectivity index (χ0) is 12.8. The second-order valence-corrected chi connectivity index (χ2v) is 4.17. The SMILES string of the molecule is CCCC(OC)C(N)Cc1ccc(F)cc1F. The summed E-state index contributed by atoms with van der Waals surface area (Å²) >= 11 is 0. The highest BCUT2D eigenvalue weighted by molar-refractivity contribution is 5.19. The number of hydrogen-bond donors (Lipinski definition) is 1. The Bertz CT molecular complexity index is 357. The van der Waals surface area contributed by atoms with Crippen LogP contribution in [0.15, 0.2) is 18.2 Å². The Hall–Kier alpha value is -1.00. The molecule has 0 saturated heterocycles. The lowest BCUT2D eigenvalue weighted by molar-refractivity contribution is 0.0724. The van der Waals surface area contributed by atoms with Gasteiger partial charge in [0.05, 0.1) is 6.10 Å². The van der Waals surface area contributed by atoms with Gasteiger partial charge in [-0.3, -0.25) is 0 Å². The van der Waals surface area contributed by atoms with E-state index in [-0.39, 0.29) is 12.1 Å². The van der Waals surface area contributed by atoms with E-state index < -0.39 is 11.6 Å². The van der Waals surface area contributed by atoms with Crippen molar-refractivity contribution in [2.75, 3.05) is 7.11 Å². The molecule has 1 aromatic rings. The second kappa shape index (κ2) is 6.67. The Labute approximate surface area is 101 Å². The van der Waals surface area contributed by atoms with Crippen LogP contribution >= 0.6 is 0 Å². The fourth-order valence-electron chi connectivity index (χ4n) is 1.86. The van der Waals surface area contributed by atoms with Crippen LogP contribution in [0, 0.1) is 11.6 Å². The van der Waals surface area contributed by atoms with Crippen molar-refractivity contribution in [3.63, 3.8) is 0 Å². The number of benzene rings is 1. The summed E-state index contributed by atoms with van der Waals surface area (Å²) in [5.41, 5.74) is 6.40. The quantitative estimate of drug-likeness (QED) is 0.833. The van der Waals surface area contributed by atoms with Gasteiger partial charge in [0.15, 0.2) is 0 Å². The lowest BCUT2D eigenvalue weighted by Crippen LogP contribution is -2.38. The zero-order valence-corrected chi connectivity index (χ0v) is 10.2. The Balaban J connectivity index is 2.69. The summed E-state index contributed by atoms with van der Waals surface area (Å²) in [5, 5.41) is 0. The van der Waals surface area contributed by atoms with Crippen LogP contribution in [-0.2, 0) is 11.2 Å². The van der Waals surface area contributed by atoms with E-state index in [1.165, 1.54) is 12.1 Å². The first-order chi connectivity index (χ1) is 8.08. The first-order valence-electron chi connectivity index (χ1n) is 5.80. The third-order valence-electron chi connectivity index (χ3n) is 2.82. The zero-order valence-electron chi connectivity index (χ0n) is 10.2. The largest absolute Gasteiger partial charge is 0.380 e. The molecular formula is C13H19F2NO. The molecular weight excluding hydrogens is 224 g/mol. The molecule has 0 saturated carbocycles. The Morgan fingerprint density at radius 2 is 2.06 bits per heavy atom. The number of rotatable bonds is 6. The third-order valence-corrected chi connectivity index (χ3v) is 2.82. The minimum Gasteiger partial charge on any atom is -0.380 e. The summed E-state index contributed by atoms with van der Waals surface area (Å²) in [6.45, 7) is 2.04. The fraction of sp³-hybridized carbons (Fsp3) is 0.538. The molecule has 96 valence electrons. The van der Waals surface area contributed by atoms with Gasteiger partial charge in [0, 0.05) is 19.2 Å². The van der Waals surface area contributed by atoms with Gasteiger partial charge in [0.2, 0.25) is 0 Å². The van der Waals surface area contributed by atoms with Gasteiger partial charge < -0.3 is 10.5 Å². The summed E-state index contributed by atoms with van der Waals surface area (Å²) in [5.74, 6) is -1.12. The monoisotopic (exact) mass is 243 g/mol. The normalized spacial score (nSPS) is 14.6. The first-order valence-corrected chi connectivity index (χ1v) is 5.80. The molecule has 0 aliphatic carbocycles. The van der Waals surface area contributed by atoms with Crippen molar-refractivity contribution in [1.82, 2.24) is 0 Å². The predicted molar refractivity (Wildman–Crippen MR) is 63.7 cm³/mol. The summed E-state index contributed by atoms with van der Waals surface area (Å²) < 4.78 is 31.4. The molecule has 0 aliphatic heterocycles. The molecule has 4 heteroatoms. The fourth-order valence-corrected chi connectivity index (χ4v) is 1.86. The predicted octanol–water partition coefficient (Wildman–Crippen LogP) is 2.65. The molecule has 2 atom stereocenters. The van der Waals surface area contributed by atoms with Gasteiger partial charge >= 0.3 is 0 Å². The van der Waals surface area contributed by atoms with Crippen LogP contribution in [0.1, 0.15) is 25.3 Å². The first kappa shape index (κ1) is 14.1. The van der Waals surface area contributed by atoms with Gasteiger partial charge in [0.25, 0.3) is 0 Å². The van der Waals surface area contributed by atoms with Crippen molar-refractivity contribution < 1.29 is 13.5 Å². The van der Waals surface area contributed by atoms with Crippen LogP contribution in [0.4, 0.5) is 8.78 Å². The smallest absolute Gasteiger partial charge is 0.129 e. The Morgan fingerprint density at radius 1 is 1.35 bits per heavy atom. The van der Waals surface area contributed by atoms with Gasteiger partial charge in [-0.1, -0.05) is 19.4 Å². The number of halogens is 2. The van der Waals surface area contributed by atoms with E-state index in [1.807, 2.05) is 6.92 Å². The van der Waals surface area contributed by atoms with Crippen LogP contribution < -0.4 is 5.73 Å². The molecule has 0 radical (unpaired) electrons. The van der Waals surface area contributed by atoms with Crippen molar-refractivity contribution in [1.29, 1.82) is 0 Å². The van der Waals surface area contributed by atoms with Crippen LogP contribution in [0.2, 0.25) is 0 Å². The van der Waals surface area contributed by atoms with Crippen LogP contribution in [0.25, 0.3) is 0 Å². The van der Waals surface area contributed by atoms with Gasteiger partial charge in [0.1, 0.15) is 11.6 Å². The topological polar surface area (TPSA) is 35.2 Å². The molecule has 1 aromatic carbocycles. The minimum atomic E-state index is -0.573. The lowest BCUT2D eigenvalue weighted by Gasteiger charge is -2.22. The van der Waals surface area contributed by atoms with E-state index >= 15 is 0 Å². The number of ether oxygens (including phenoxy) is 1. The summed E-state index contributed by atoms with van der Waals surface area (Å²) in [7, 11) is 1.60. The number of methoxy groups -OCH3 is 1. The van der Waals surface area contributed by atoms with E-state index in [0.29, 0.717) is 12.0 Å². The molecule has 1 rings (SSSR count). The minimum absolute atomic E-state index is 0.0931. The Kier molecular flexibility index (Phi) is 5.51. The van der Waals surface area contributed by atoms with E-state index in [9.17, 15) is 8.78 Å². The molecule has 0 bridgehead atoms. The van der Waals surface area contributed by atoms with E-state index in [4.69, 9.17) is 10.5 Å². The molecule has 0 aliphatic rings. The van der Waals surface area contributed by atoms with Crippen molar-refractivity contribution >= 4 is 0 Å². The van der Waals surface area contributed by atoms with Crippen molar-refractivity contribution in [2.45, 2.75) is 38.3 Å². The van der Waals surface area contributed by atoms with Gasteiger partial charge in [-0.25, -0.2) is 8.78 Å². The van der Waals surface area contributed by atoms with Gasteiger partial charge in [-0.15, -0.1) is 0 Å². The molecule has 0 heterocycles. The Morgan fingerprint density at radius 3 is 2.59 bits per heavy atom. The van der Waals surface area contributed by atoms with Crippen LogP contribution in [0.3, 0.4) is 0 Å². The summed E-state index contributed by atoms with van der Waals surface area (Å²) in [6, 6.07) is 3.28. The molecule has 0 spiro atoms. The van der Waals surface area contributed by atoms with E-state index in [2.05, 4.69) is 0 Å². The number of nitrogens with two attached hydrogens (primary N) is 1. The lowest BCUT2D eigenvalue weighted by atomic mass is 9.99. The standard InChI is InChI=1S/C13H19F2NO/c1-3-4-13(17-2)12(16)7-9-5-6-10(14)8-11(9)15/h5-6,8,12-13H,3-4,7,16H2,1-2H3. The van der Waals surface area contributed by atoms with Crippen molar-refractivity contribution in [3.05, 3.63) is 35.4 Å². The molecule has 2 unspecified atom stereocenters. The maximum absolute atomic E-state index is 13.4. The third kappa shape index (κ3) is 4.06.